The summed E-state index contributed by atoms with van der Waals surface area (Å²) in [5, 5.41) is 3.68. The highest BCUT2D eigenvalue weighted by molar-refractivity contribution is 7.13. The van der Waals surface area contributed by atoms with Crippen molar-refractivity contribution in [2.24, 2.45) is 22.7 Å². The van der Waals surface area contributed by atoms with Crippen LogP contribution in [-0.2, 0) is 4.74 Å². The molecule has 0 amide bonds. The molecule has 3 heterocycles. The summed E-state index contributed by atoms with van der Waals surface area (Å²) in [5.74, 6) is 2.42. The molecule has 1 aromatic rings. The van der Waals surface area contributed by atoms with Crippen LogP contribution < -0.4 is 4.90 Å². The Morgan fingerprint density at radius 1 is 0.903 bits per heavy atom. The maximum Gasteiger partial charge on any atom is 0.185 e. The van der Waals surface area contributed by atoms with Crippen LogP contribution >= 0.6 is 11.3 Å². The van der Waals surface area contributed by atoms with Crippen LogP contribution in [0.25, 0.3) is 0 Å². The van der Waals surface area contributed by atoms with E-state index < -0.39 is 0 Å². The van der Waals surface area contributed by atoms with E-state index in [1.54, 1.807) is 0 Å². The zero-order valence-electron chi connectivity index (χ0n) is 20.2. The molecule has 0 aromatic carbocycles. The lowest BCUT2D eigenvalue weighted by Gasteiger charge is -2.55. The number of hydrogen-bond donors (Lipinski definition) is 0. The average Bonchev–Trinajstić information content (AvgIpc) is 3.28. The van der Waals surface area contributed by atoms with Gasteiger partial charge in [0, 0.05) is 43.5 Å². The number of thiazole rings is 1. The normalized spacial score (nSPS) is 34.5. The standard InChI is InChI=1S/C26H43N3OS/c1-25(2)9-10-26(3,4)22-17-19(5-6-21(22)25)23-18-31-24(27-23)29-11-7-20(8-12-29)28-13-15-30-16-14-28/h18-22H,5-17H2,1-4H3. The summed E-state index contributed by atoms with van der Waals surface area (Å²) in [6, 6.07) is 0.742. The molecule has 0 radical (unpaired) electrons. The maximum atomic E-state index is 5.54. The number of fused-ring (bicyclic) bond motifs is 1. The summed E-state index contributed by atoms with van der Waals surface area (Å²) >= 11 is 1.90. The van der Waals surface area contributed by atoms with Crippen LogP contribution in [-0.4, -0.2) is 55.3 Å². The van der Waals surface area contributed by atoms with Gasteiger partial charge in [0.05, 0.1) is 18.9 Å². The quantitative estimate of drug-likeness (QED) is 0.589. The third kappa shape index (κ3) is 4.44. The van der Waals surface area contributed by atoms with Gasteiger partial charge in [0.1, 0.15) is 0 Å². The molecular weight excluding hydrogens is 402 g/mol. The second-order valence-corrected chi connectivity index (χ2v) is 13.0. The fraction of sp³-hybridized carbons (Fsp3) is 0.885. The molecule has 0 bridgehead atoms. The fourth-order valence-electron chi connectivity index (χ4n) is 7.23. The van der Waals surface area contributed by atoms with Crippen molar-refractivity contribution in [2.75, 3.05) is 44.3 Å². The third-order valence-corrected chi connectivity index (χ3v) is 10.4. The largest absolute Gasteiger partial charge is 0.379 e. The molecule has 3 unspecified atom stereocenters. The van der Waals surface area contributed by atoms with Crippen molar-refractivity contribution in [1.82, 2.24) is 9.88 Å². The van der Waals surface area contributed by atoms with Crippen LogP contribution in [0.15, 0.2) is 5.38 Å². The number of rotatable bonds is 3. The van der Waals surface area contributed by atoms with Gasteiger partial charge in [-0.25, -0.2) is 4.98 Å². The molecule has 5 heteroatoms. The molecule has 0 spiro atoms. The van der Waals surface area contributed by atoms with Crippen LogP contribution in [0.3, 0.4) is 0 Å². The fourth-order valence-corrected chi connectivity index (χ4v) is 8.19. The first kappa shape index (κ1) is 22.2. The zero-order chi connectivity index (χ0) is 21.6. The lowest BCUT2D eigenvalue weighted by Crippen LogP contribution is -2.49. The minimum Gasteiger partial charge on any atom is -0.379 e. The van der Waals surface area contributed by atoms with Gasteiger partial charge in [-0.15, -0.1) is 11.3 Å². The summed E-state index contributed by atoms with van der Waals surface area (Å²) in [5.41, 5.74) is 2.40. The SMILES string of the molecule is CC1(C)CCC(C)(C)C2CC(c3csc(N4CCC(N5CCOCC5)CC4)n3)CCC21. The van der Waals surface area contributed by atoms with Crippen molar-refractivity contribution < 1.29 is 4.74 Å². The molecule has 2 aliphatic heterocycles. The first-order valence-electron chi connectivity index (χ1n) is 12.9. The second kappa shape index (κ2) is 8.61. The number of aromatic nitrogens is 1. The van der Waals surface area contributed by atoms with Gasteiger partial charge < -0.3 is 9.64 Å². The molecule has 3 atom stereocenters. The van der Waals surface area contributed by atoms with Crippen LogP contribution in [0.1, 0.15) is 84.3 Å². The van der Waals surface area contributed by atoms with Gasteiger partial charge >= 0.3 is 0 Å². The molecule has 4 fully saturated rings. The Bertz CT molecular complexity index is 746. The highest BCUT2D eigenvalue weighted by Crippen LogP contribution is 2.59. The monoisotopic (exact) mass is 445 g/mol. The first-order chi connectivity index (χ1) is 14.8. The van der Waals surface area contributed by atoms with E-state index in [2.05, 4.69) is 42.9 Å². The Balaban J connectivity index is 1.21. The molecule has 4 nitrogen and oxygen atoms in total. The van der Waals surface area contributed by atoms with E-state index in [0.29, 0.717) is 16.7 Å². The topological polar surface area (TPSA) is 28.6 Å². The molecule has 4 aliphatic rings. The molecule has 174 valence electrons. The number of nitrogens with zero attached hydrogens (tertiary/aromatic N) is 3. The summed E-state index contributed by atoms with van der Waals surface area (Å²) in [4.78, 5) is 10.4. The molecule has 2 saturated carbocycles. The molecule has 2 saturated heterocycles. The van der Waals surface area contributed by atoms with Gasteiger partial charge in [0.15, 0.2) is 5.13 Å². The van der Waals surface area contributed by atoms with Crippen LogP contribution in [0.2, 0.25) is 0 Å². The Morgan fingerprint density at radius 3 is 2.29 bits per heavy atom. The summed E-state index contributed by atoms with van der Waals surface area (Å²) in [7, 11) is 0. The lowest BCUT2D eigenvalue weighted by atomic mass is 9.49. The summed E-state index contributed by atoms with van der Waals surface area (Å²) in [6.45, 7) is 16.5. The van der Waals surface area contributed by atoms with Crippen LogP contribution in [0, 0.1) is 22.7 Å². The number of ether oxygens (including phenoxy) is 1. The van der Waals surface area contributed by atoms with E-state index in [1.165, 1.54) is 55.8 Å². The van der Waals surface area contributed by atoms with E-state index >= 15 is 0 Å². The summed E-state index contributed by atoms with van der Waals surface area (Å²) in [6.07, 6.45) is 9.40. The molecular formula is C26H43N3OS. The number of morpholine rings is 1. The van der Waals surface area contributed by atoms with Crippen molar-refractivity contribution in [3.63, 3.8) is 0 Å². The molecule has 2 aliphatic carbocycles. The van der Waals surface area contributed by atoms with E-state index in [9.17, 15) is 0 Å². The minimum absolute atomic E-state index is 0.485. The molecule has 1 aromatic heterocycles. The van der Waals surface area contributed by atoms with Gasteiger partial charge in [-0.3, -0.25) is 4.90 Å². The maximum absolute atomic E-state index is 5.54. The minimum atomic E-state index is 0.485. The zero-order valence-corrected chi connectivity index (χ0v) is 21.1. The van der Waals surface area contributed by atoms with Crippen molar-refractivity contribution >= 4 is 16.5 Å². The first-order valence-corrected chi connectivity index (χ1v) is 13.7. The van der Waals surface area contributed by atoms with Crippen molar-refractivity contribution in [1.29, 1.82) is 0 Å². The van der Waals surface area contributed by atoms with E-state index in [-0.39, 0.29) is 0 Å². The molecule has 5 rings (SSSR count). The molecule has 31 heavy (non-hydrogen) atoms. The second-order valence-electron chi connectivity index (χ2n) is 12.1. The number of piperidine rings is 1. The van der Waals surface area contributed by atoms with Crippen molar-refractivity contribution in [3.8, 4) is 0 Å². The smallest absolute Gasteiger partial charge is 0.185 e. The van der Waals surface area contributed by atoms with E-state index in [0.717, 1.165) is 57.3 Å². The Kier molecular flexibility index (Phi) is 6.15. The van der Waals surface area contributed by atoms with Crippen LogP contribution in [0.5, 0.6) is 0 Å². The Labute approximate surface area is 193 Å². The predicted octanol–water partition coefficient (Wildman–Crippen LogP) is 5.79. The Hall–Kier alpha value is -0.650. The van der Waals surface area contributed by atoms with Gasteiger partial charge in [0.2, 0.25) is 0 Å². The van der Waals surface area contributed by atoms with Gasteiger partial charge in [-0.2, -0.15) is 0 Å². The van der Waals surface area contributed by atoms with Gasteiger partial charge in [-0.05, 0) is 67.6 Å². The van der Waals surface area contributed by atoms with Crippen molar-refractivity contribution in [2.45, 2.75) is 84.6 Å². The van der Waals surface area contributed by atoms with E-state index in [4.69, 9.17) is 9.72 Å². The van der Waals surface area contributed by atoms with Gasteiger partial charge in [-0.1, -0.05) is 27.7 Å². The molecule has 0 N–H and O–H groups in total. The van der Waals surface area contributed by atoms with Gasteiger partial charge in [0.25, 0.3) is 0 Å². The highest BCUT2D eigenvalue weighted by atomic mass is 32.1. The number of hydrogen-bond acceptors (Lipinski definition) is 5. The summed E-state index contributed by atoms with van der Waals surface area (Å²) < 4.78 is 5.54. The Morgan fingerprint density at radius 2 is 1.58 bits per heavy atom. The predicted molar refractivity (Wildman–Crippen MR) is 130 cm³/mol. The third-order valence-electron chi connectivity index (χ3n) is 9.50. The van der Waals surface area contributed by atoms with Crippen molar-refractivity contribution in [3.05, 3.63) is 11.1 Å². The number of anilines is 1. The average molecular weight is 446 g/mol. The van der Waals surface area contributed by atoms with Crippen LogP contribution in [0.4, 0.5) is 5.13 Å². The highest BCUT2D eigenvalue weighted by Gasteiger charge is 2.50. The van der Waals surface area contributed by atoms with E-state index in [1.807, 2.05) is 11.3 Å². The lowest BCUT2D eigenvalue weighted by molar-refractivity contribution is -0.0501.